The summed E-state index contributed by atoms with van der Waals surface area (Å²) in [6.45, 7) is 1.92. The quantitative estimate of drug-likeness (QED) is 0.753. The van der Waals surface area contributed by atoms with Crippen LogP contribution in [0.25, 0.3) is 11.0 Å². The number of carbonyl (C=O) groups excluding carboxylic acids is 1. The van der Waals surface area contributed by atoms with Crippen LogP contribution in [-0.4, -0.2) is 29.6 Å². The molecule has 134 valence electrons. The van der Waals surface area contributed by atoms with Gasteiger partial charge in [-0.25, -0.2) is 13.4 Å². The van der Waals surface area contributed by atoms with Crippen molar-refractivity contribution >= 4 is 26.8 Å². The standard InChI is InChI=1S/C19H19N3O3S/c1-12-20-16-11-13(7-8-17(16)22(12)2)19(23)21-15-9-10-26(24,25)18-6-4-3-5-14(15)18/h3-8,11,15H,9-10H2,1-2H3,(H,21,23). The molecule has 2 aromatic carbocycles. The number of nitrogens with zero attached hydrogens (tertiary/aromatic N) is 2. The van der Waals surface area contributed by atoms with Crippen molar-refractivity contribution in [3.05, 3.63) is 59.4 Å². The minimum atomic E-state index is -3.27. The third-order valence-electron chi connectivity index (χ3n) is 4.98. The first-order valence-corrected chi connectivity index (χ1v) is 10.1. The van der Waals surface area contributed by atoms with E-state index in [1.165, 1.54) is 0 Å². The first-order chi connectivity index (χ1) is 12.4. The normalized spacial score (nSPS) is 18.5. The highest BCUT2D eigenvalue weighted by Gasteiger charge is 2.30. The molecule has 6 nitrogen and oxygen atoms in total. The van der Waals surface area contributed by atoms with Crippen molar-refractivity contribution in [3.8, 4) is 0 Å². The molecule has 1 aromatic heterocycles. The molecule has 0 aliphatic carbocycles. The SMILES string of the molecule is Cc1nc2cc(C(=O)NC3CCS(=O)(=O)c4ccccc43)ccc2n1C. The van der Waals surface area contributed by atoms with Gasteiger partial charge in [-0.1, -0.05) is 18.2 Å². The van der Waals surface area contributed by atoms with Crippen molar-refractivity contribution in [2.75, 3.05) is 5.75 Å². The number of nitrogens with one attached hydrogen (secondary N) is 1. The Morgan fingerprint density at radius 3 is 2.81 bits per heavy atom. The van der Waals surface area contributed by atoms with Crippen molar-refractivity contribution in [2.24, 2.45) is 7.05 Å². The molecule has 2 heterocycles. The molecule has 26 heavy (non-hydrogen) atoms. The number of amides is 1. The van der Waals surface area contributed by atoms with Gasteiger partial charge >= 0.3 is 0 Å². The predicted octanol–water partition coefficient (Wildman–Crippen LogP) is 2.53. The monoisotopic (exact) mass is 369 g/mol. The van der Waals surface area contributed by atoms with Crippen LogP contribution in [0.3, 0.4) is 0 Å². The summed E-state index contributed by atoms with van der Waals surface area (Å²) in [5, 5.41) is 2.98. The zero-order valence-electron chi connectivity index (χ0n) is 14.6. The van der Waals surface area contributed by atoms with Crippen LogP contribution < -0.4 is 5.32 Å². The van der Waals surface area contributed by atoms with Gasteiger partial charge in [-0.3, -0.25) is 4.79 Å². The van der Waals surface area contributed by atoms with Gasteiger partial charge in [0.15, 0.2) is 9.84 Å². The van der Waals surface area contributed by atoms with Crippen LogP contribution in [-0.2, 0) is 16.9 Å². The highest BCUT2D eigenvalue weighted by atomic mass is 32.2. The summed E-state index contributed by atoms with van der Waals surface area (Å²) in [5.74, 6) is 0.686. The van der Waals surface area contributed by atoms with Crippen molar-refractivity contribution in [2.45, 2.75) is 24.3 Å². The number of fused-ring (bicyclic) bond motifs is 2. The van der Waals surface area contributed by atoms with E-state index in [9.17, 15) is 13.2 Å². The highest BCUT2D eigenvalue weighted by Crippen LogP contribution is 2.32. The number of carbonyl (C=O) groups is 1. The molecule has 1 atom stereocenters. The van der Waals surface area contributed by atoms with E-state index in [0.29, 0.717) is 22.4 Å². The summed E-state index contributed by atoms with van der Waals surface area (Å²) in [7, 11) is -1.34. The second kappa shape index (κ2) is 5.95. The molecule has 7 heteroatoms. The molecular weight excluding hydrogens is 350 g/mol. The van der Waals surface area contributed by atoms with E-state index in [-0.39, 0.29) is 17.7 Å². The van der Waals surface area contributed by atoms with E-state index in [1.807, 2.05) is 24.6 Å². The highest BCUT2D eigenvalue weighted by molar-refractivity contribution is 7.91. The van der Waals surface area contributed by atoms with Crippen molar-refractivity contribution in [1.29, 1.82) is 0 Å². The van der Waals surface area contributed by atoms with E-state index in [2.05, 4.69) is 10.3 Å². The van der Waals surface area contributed by atoms with Crippen molar-refractivity contribution < 1.29 is 13.2 Å². The lowest BCUT2D eigenvalue weighted by atomic mass is 10.0. The number of imidazole rings is 1. The number of rotatable bonds is 2. The number of hydrogen-bond acceptors (Lipinski definition) is 4. The Morgan fingerprint density at radius 2 is 2.00 bits per heavy atom. The van der Waals surface area contributed by atoms with Crippen LogP contribution in [0.5, 0.6) is 0 Å². The third kappa shape index (κ3) is 2.68. The molecule has 0 radical (unpaired) electrons. The summed E-state index contributed by atoms with van der Waals surface area (Å²) in [5.41, 5.74) is 2.90. The Labute approximate surface area is 151 Å². The molecule has 0 saturated heterocycles. The Bertz CT molecular complexity index is 1130. The van der Waals surface area contributed by atoms with Gasteiger partial charge in [-0.2, -0.15) is 0 Å². The fourth-order valence-corrected chi connectivity index (χ4v) is 5.06. The van der Waals surface area contributed by atoms with Gasteiger partial charge in [-0.15, -0.1) is 0 Å². The van der Waals surface area contributed by atoms with E-state index in [1.54, 1.807) is 36.4 Å². The zero-order valence-corrected chi connectivity index (χ0v) is 15.4. The van der Waals surface area contributed by atoms with Gasteiger partial charge in [0.2, 0.25) is 0 Å². The van der Waals surface area contributed by atoms with Gasteiger partial charge in [0.1, 0.15) is 5.82 Å². The lowest BCUT2D eigenvalue weighted by molar-refractivity contribution is 0.0934. The molecule has 0 fully saturated rings. The summed E-state index contributed by atoms with van der Waals surface area (Å²) < 4.78 is 26.4. The molecule has 1 aliphatic rings. The Balaban J connectivity index is 1.65. The number of benzene rings is 2. The topological polar surface area (TPSA) is 81.1 Å². The fraction of sp³-hybridized carbons (Fsp3) is 0.263. The third-order valence-corrected chi connectivity index (χ3v) is 6.79. The van der Waals surface area contributed by atoms with Crippen LogP contribution in [0.2, 0.25) is 0 Å². The lowest BCUT2D eigenvalue weighted by Gasteiger charge is -2.26. The van der Waals surface area contributed by atoms with Gasteiger partial charge in [0.05, 0.1) is 27.7 Å². The van der Waals surface area contributed by atoms with Crippen LogP contribution in [0.4, 0.5) is 0 Å². The van der Waals surface area contributed by atoms with Crippen molar-refractivity contribution in [3.63, 3.8) is 0 Å². The van der Waals surface area contributed by atoms with Gasteiger partial charge in [0, 0.05) is 12.6 Å². The molecule has 0 spiro atoms. The molecule has 3 aromatic rings. The Morgan fingerprint density at radius 1 is 1.23 bits per heavy atom. The van der Waals surface area contributed by atoms with E-state index in [4.69, 9.17) is 0 Å². The molecular formula is C19H19N3O3S. The fourth-order valence-electron chi connectivity index (χ4n) is 3.44. The Hall–Kier alpha value is -2.67. The Kier molecular flexibility index (Phi) is 3.84. The van der Waals surface area contributed by atoms with Crippen molar-refractivity contribution in [1.82, 2.24) is 14.9 Å². The largest absolute Gasteiger partial charge is 0.345 e. The minimum absolute atomic E-state index is 0.0351. The number of hydrogen-bond donors (Lipinski definition) is 1. The maximum absolute atomic E-state index is 12.7. The summed E-state index contributed by atoms with van der Waals surface area (Å²) in [4.78, 5) is 17.5. The maximum Gasteiger partial charge on any atom is 0.251 e. The van der Waals surface area contributed by atoms with Crippen LogP contribution in [0, 0.1) is 6.92 Å². The number of aryl methyl sites for hydroxylation is 2. The smallest absolute Gasteiger partial charge is 0.251 e. The van der Waals surface area contributed by atoms with Gasteiger partial charge in [-0.05, 0) is 43.2 Å². The van der Waals surface area contributed by atoms with Gasteiger partial charge < -0.3 is 9.88 Å². The molecule has 1 N–H and O–H groups in total. The molecule has 4 rings (SSSR count). The second-order valence-electron chi connectivity index (χ2n) is 6.59. The molecule has 1 unspecified atom stereocenters. The molecule has 0 saturated carbocycles. The minimum Gasteiger partial charge on any atom is -0.345 e. The molecule has 0 bridgehead atoms. The predicted molar refractivity (Wildman–Crippen MR) is 98.8 cm³/mol. The molecule has 1 amide bonds. The van der Waals surface area contributed by atoms with E-state index >= 15 is 0 Å². The van der Waals surface area contributed by atoms with Gasteiger partial charge in [0.25, 0.3) is 5.91 Å². The zero-order chi connectivity index (χ0) is 18.5. The number of sulfone groups is 1. The average Bonchev–Trinajstić information content (AvgIpc) is 2.91. The first kappa shape index (κ1) is 16.8. The van der Waals surface area contributed by atoms with Crippen LogP contribution in [0.15, 0.2) is 47.4 Å². The molecule has 1 aliphatic heterocycles. The van der Waals surface area contributed by atoms with E-state index < -0.39 is 9.84 Å². The lowest BCUT2D eigenvalue weighted by Crippen LogP contribution is -2.33. The second-order valence-corrected chi connectivity index (χ2v) is 8.67. The maximum atomic E-state index is 12.7. The van der Waals surface area contributed by atoms with E-state index in [0.717, 1.165) is 16.9 Å². The van der Waals surface area contributed by atoms with Crippen LogP contribution in [0.1, 0.15) is 34.2 Å². The summed E-state index contributed by atoms with van der Waals surface area (Å²) in [6.07, 6.45) is 0.371. The van der Waals surface area contributed by atoms with Crippen LogP contribution >= 0.6 is 0 Å². The average molecular weight is 369 g/mol. The summed E-state index contributed by atoms with van der Waals surface area (Å²) >= 11 is 0. The summed E-state index contributed by atoms with van der Waals surface area (Å²) in [6, 6.07) is 12.0. The number of aromatic nitrogens is 2. The first-order valence-electron chi connectivity index (χ1n) is 8.42.